The van der Waals surface area contributed by atoms with Gasteiger partial charge < -0.3 is 20.2 Å². The van der Waals surface area contributed by atoms with Gasteiger partial charge in [0.05, 0.1) is 5.88 Å². The molecule has 0 unspecified atom stereocenters. The zero-order valence-electron chi connectivity index (χ0n) is 10.4. The predicted molar refractivity (Wildman–Crippen MR) is 67.3 cm³/mol. The van der Waals surface area contributed by atoms with Crippen molar-refractivity contribution in [2.24, 2.45) is 0 Å². The van der Waals surface area contributed by atoms with Gasteiger partial charge in [-0.3, -0.25) is 4.79 Å². The van der Waals surface area contributed by atoms with Crippen LogP contribution in [0, 0.1) is 0 Å². The van der Waals surface area contributed by atoms with Gasteiger partial charge in [0, 0.05) is 19.3 Å². The number of carbonyl (C=O) groups excluding carboxylic acids is 2. The van der Waals surface area contributed by atoms with Crippen molar-refractivity contribution in [1.29, 1.82) is 0 Å². The van der Waals surface area contributed by atoms with Gasteiger partial charge in [0.2, 0.25) is 5.91 Å². The Morgan fingerprint density at radius 1 is 1.50 bits per heavy atom. The molecule has 0 spiro atoms. The predicted octanol–water partition coefficient (Wildman–Crippen LogP) is -0.366. The molecule has 0 saturated carbocycles. The average molecular weight is 275 g/mol. The number of thioether (sulfide) groups is 1. The molecule has 1 fully saturated rings. The van der Waals surface area contributed by atoms with E-state index in [9.17, 15) is 14.4 Å². The number of carbonyl (C=O) groups is 3. The lowest BCUT2D eigenvalue weighted by Crippen LogP contribution is -2.50. The first-order valence-corrected chi connectivity index (χ1v) is 6.73. The zero-order chi connectivity index (χ0) is 13.7. The van der Waals surface area contributed by atoms with Crippen LogP contribution in [-0.4, -0.2) is 70.6 Å². The Bertz CT molecular complexity index is 350. The van der Waals surface area contributed by atoms with Crippen molar-refractivity contribution in [3.05, 3.63) is 0 Å². The number of amides is 3. The van der Waals surface area contributed by atoms with Gasteiger partial charge in [-0.05, 0) is 6.92 Å². The Labute approximate surface area is 109 Å². The van der Waals surface area contributed by atoms with Crippen LogP contribution in [0.3, 0.4) is 0 Å². The van der Waals surface area contributed by atoms with Gasteiger partial charge in [-0.2, -0.15) is 0 Å². The highest BCUT2D eigenvalue weighted by Crippen LogP contribution is 2.22. The standard InChI is InChI=1S/C10H17N3O4S/c1-3-12(4-8(14)11-2)10(17)13-6-18-5-7(13)9(15)16/h7H,3-6H2,1-2H3,(H,11,14)(H,15,16)/t7-/m0/s1. The number of hydrogen-bond acceptors (Lipinski definition) is 4. The molecule has 1 saturated heterocycles. The van der Waals surface area contributed by atoms with Crippen molar-refractivity contribution in [3.8, 4) is 0 Å². The van der Waals surface area contributed by atoms with Crippen LogP contribution in [0.4, 0.5) is 4.79 Å². The number of nitrogens with zero attached hydrogens (tertiary/aromatic N) is 2. The molecule has 0 aromatic rings. The van der Waals surface area contributed by atoms with Crippen molar-refractivity contribution < 1.29 is 19.5 Å². The van der Waals surface area contributed by atoms with E-state index in [1.807, 2.05) is 0 Å². The molecule has 1 aliphatic heterocycles. The molecule has 7 nitrogen and oxygen atoms in total. The number of nitrogens with one attached hydrogen (secondary N) is 1. The number of carboxylic acid groups (broad SMARTS) is 1. The van der Waals surface area contributed by atoms with Gasteiger partial charge in [0.15, 0.2) is 0 Å². The van der Waals surface area contributed by atoms with Crippen LogP contribution in [0.1, 0.15) is 6.92 Å². The van der Waals surface area contributed by atoms with Crippen LogP contribution in [0.5, 0.6) is 0 Å². The summed E-state index contributed by atoms with van der Waals surface area (Å²) in [6, 6.07) is -1.21. The Morgan fingerprint density at radius 2 is 2.17 bits per heavy atom. The van der Waals surface area contributed by atoms with Crippen molar-refractivity contribution in [3.63, 3.8) is 0 Å². The molecule has 2 N–H and O–H groups in total. The second kappa shape index (κ2) is 6.48. The lowest BCUT2D eigenvalue weighted by molar-refractivity contribution is -0.140. The molecule has 8 heteroatoms. The molecule has 1 aliphatic rings. The summed E-state index contributed by atoms with van der Waals surface area (Å²) < 4.78 is 0. The highest BCUT2D eigenvalue weighted by Gasteiger charge is 2.36. The van der Waals surface area contributed by atoms with E-state index in [-0.39, 0.29) is 12.5 Å². The van der Waals surface area contributed by atoms with Gasteiger partial charge in [-0.25, -0.2) is 9.59 Å². The maximum atomic E-state index is 12.1. The summed E-state index contributed by atoms with van der Waals surface area (Å²) in [6.45, 7) is 2.05. The first-order valence-electron chi connectivity index (χ1n) is 5.58. The van der Waals surface area contributed by atoms with Gasteiger partial charge in [-0.1, -0.05) is 0 Å². The number of urea groups is 1. The van der Waals surface area contributed by atoms with Crippen molar-refractivity contribution in [2.45, 2.75) is 13.0 Å². The normalized spacial score (nSPS) is 18.6. The molecule has 0 aliphatic carbocycles. The van der Waals surface area contributed by atoms with E-state index in [0.717, 1.165) is 0 Å². The van der Waals surface area contributed by atoms with Gasteiger partial charge in [0.1, 0.15) is 12.6 Å². The van der Waals surface area contributed by atoms with Gasteiger partial charge >= 0.3 is 12.0 Å². The number of rotatable bonds is 4. The minimum atomic E-state index is -1.01. The summed E-state index contributed by atoms with van der Waals surface area (Å²) in [5.74, 6) is -0.549. The molecular weight excluding hydrogens is 258 g/mol. The van der Waals surface area contributed by atoms with Crippen molar-refractivity contribution in [1.82, 2.24) is 15.1 Å². The van der Waals surface area contributed by atoms with Gasteiger partial charge in [0.25, 0.3) is 0 Å². The highest BCUT2D eigenvalue weighted by molar-refractivity contribution is 7.99. The second-order valence-corrected chi connectivity index (χ2v) is 4.79. The monoisotopic (exact) mass is 275 g/mol. The second-order valence-electron chi connectivity index (χ2n) is 3.79. The lowest BCUT2D eigenvalue weighted by atomic mass is 10.3. The number of likely N-dealkylation sites (N-methyl/N-ethyl adjacent to an activating group) is 2. The van der Waals surface area contributed by atoms with Crippen molar-refractivity contribution >= 4 is 29.7 Å². The lowest BCUT2D eigenvalue weighted by Gasteiger charge is -2.28. The molecule has 0 radical (unpaired) electrons. The maximum absolute atomic E-state index is 12.1. The molecule has 1 heterocycles. The highest BCUT2D eigenvalue weighted by atomic mass is 32.2. The summed E-state index contributed by atoms with van der Waals surface area (Å²) in [5.41, 5.74) is 0. The largest absolute Gasteiger partial charge is 0.480 e. The first kappa shape index (κ1) is 14.6. The molecular formula is C10H17N3O4S. The summed E-state index contributed by atoms with van der Waals surface area (Å²) >= 11 is 1.40. The Kier molecular flexibility index (Phi) is 5.26. The van der Waals surface area contributed by atoms with Crippen LogP contribution in [-0.2, 0) is 9.59 Å². The molecule has 1 atom stereocenters. The topological polar surface area (TPSA) is 90.0 Å². The van der Waals surface area contributed by atoms with Crippen LogP contribution >= 0.6 is 11.8 Å². The first-order chi connectivity index (χ1) is 8.51. The average Bonchev–Trinajstić information content (AvgIpc) is 2.83. The minimum absolute atomic E-state index is 0.0562. The summed E-state index contributed by atoms with van der Waals surface area (Å²) in [5, 5.41) is 11.4. The van der Waals surface area contributed by atoms with E-state index >= 15 is 0 Å². The molecule has 1 rings (SSSR count). The van der Waals surface area contributed by atoms with E-state index in [0.29, 0.717) is 18.2 Å². The summed E-state index contributed by atoms with van der Waals surface area (Å²) in [4.78, 5) is 37.0. The van der Waals surface area contributed by atoms with E-state index < -0.39 is 18.0 Å². The van der Waals surface area contributed by atoms with E-state index in [1.54, 1.807) is 6.92 Å². The summed E-state index contributed by atoms with van der Waals surface area (Å²) in [7, 11) is 1.49. The summed E-state index contributed by atoms with van der Waals surface area (Å²) in [6.07, 6.45) is 0. The fraction of sp³-hybridized carbons (Fsp3) is 0.700. The molecule has 0 bridgehead atoms. The minimum Gasteiger partial charge on any atom is -0.480 e. The van der Waals surface area contributed by atoms with E-state index in [4.69, 9.17) is 5.11 Å². The van der Waals surface area contributed by atoms with Crippen LogP contribution < -0.4 is 5.32 Å². The van der Waals surface area contributed by atoms with Crippen LogP contribution in [0.2, 0.25) is 0 Å². The van der Waals surface area contributed by atoms with Crippen molar-refractivity contribution in [2.75, 3.05) is 31.8 Å². The smallest absolute Gasteiger partial charge is 0.327 e. The zero-order valence-corrected chi connectivity index (χ0v) is 11.2. The van der Waals surface area contributed by atoms with E-state index in [1.165, 1.54) is 28.6 Å². The Morgan fingerprint density at radius 3 is 2.67 bits per heavy atom. The third kappa shape index (κ3) is 3.28. The molecule has 18 heavy (non-hydrogen) atoms. The molecule has 0 aromatic carbocycles. The number of carboxylic acids is 1. The fourth-order valence-corrected chi connectivity index (χ4v) is 2.72. The van der Waals surface area contributed by atoms with Gasteiger partial charge in [-0.15, -0.1) is 11.8 Å². The molecule has 3 amide bonds. The molecule has 0 aromatic heterocycles. The Balaban J connectivity index is 2.71. The quantitative estimate of drug-likeness (QED) is 0.731. The van der Waals surface area contributed by atoms with Crippen LogP contribution in [0.15, 0.2) is 0 Å². The van der Waals surface area contributed by atoms with Crippen LogP contribution in [0.25, 0.3) is 0 Å². The number of aliphatic carboxylic acids is 1. The maximum Gasteiger partial charge on any atom is 0.327 e. The molecule has 102 valence electrons. The van der Waals surface area contributed by atoms with E-state index in [2.05, 4.69) is 5.32 Å². The fourth-order valence-electron chi connectivity index (χ4n) is 1.58. The third-order valence-corrected chi connectivity index (χ3v) is 3.69. The number of hydrogen-bond donors (Lipinski definition) is 2. The third-order valence-electron chi connectivity index (χ3n) is 2.68. The SMILES string of the molecule is CCN(CC(=O)NC)C(=O)N1CSC[C@H]1C(=O)O. The Hall–Kier alpha value is -1.44.